The molecule has 0 aromatic rings. The minimum Gasteiger partial charge on any atom is -0.360 e. The first-order valence-electron chi connectivity index (χ1n) is 4.96. The smallest absolute Gasteiger partial charge is 0.169 e. The molecule has 0 radical (unpaired) electrons. The van der Waals surface area contributed by atoms with Crippen LogP contribution in [-0.4, -0.2) is 29.1 Å². The Morgan fingerprint density at radius 2 is 2.07 bits per heavy atom. The van der Waals surface area contributed by atoms with Gasteiger partial charge in [-0.05, 0) is 39.9 Å². The van der Waals surface area contributed by atoms with Crippen molar-refractivity contribution in [1.29, 1.82) is 5.26 Å². The molecule has 3 nitrogen and oxygen atoms in total. The average molecular weight is 213 g/mol. The van der Waals surface area contributed by atoms with Crippen LogP contribution in [0.2, 0.25) is 0 Å². The van der Waals surface area contributed by atoms with E-state index in [1.54, 1.807) is 0 Å². The molecule has 0 saturated carbocycles. The van der Waals surface area contributed by atoms with Crippen LogP contribution in [-0.2, 0) is 0 Å². The van der Waals surface area contributed by atoms with Crippen molar-refractivity contribution in [3.05, 3.63) is 0 Å². The van der Waals surface area contributed by atoms with Gasteiger partial charge in [-0.3, -0.25) is 0 Å². The molecule has 0 spiro atoms. The van der Waals surface area contributed by atoms with Crippen molar-refractivity contribution in [2.24, 2.45) is 5.92 Å². The number of hydrogen-bond donors (Lipinski definition) is 1. The summed E-state index contributed by atoms with van der Waals surface area (Å²) in [5, 5.41) is 12.6. The van der Waals surface area contributed by atoms with Gasteiger partial charge in [0.2, 0.25) is 0 Å². The van der Waals surface area contributed by atoms with E-state index in [0.29, 0.717) is 12.6 Å². The van der Waals surface area contributed by atoms with E-state index < -0.39 is 0 Å². The fraction of sp³-hybridized carbons (Fsp3) is 0.800. The fourth-order valence-electron chi connectivity index (χ4n) is 1.07. The Kier molecular flexibility index (Phi) is 6.22. The number of nitrogens with one attached hydrogen (secondary N) is 1. The lowest BCUT2D eigenvalue weighted by Gasteiger charge is -2.26. The summed E-state index contributed by atoms with van der Waals surface area (Å²) in [5.74, 6) is 0.0156. The normalized spacial score (nSPS) is 12.0. The number of nitrogens with zero attached hydrogens (tertiary/aromatic N) is 2. The summed E-state index contributed by atoms with van der Waals surface area (Å²) in [6, 6.07) is 2.55. The Bertz CT molecular complexity index is 220. The zero-order chi connectivity index (χ0) is 11.1. The molecule has 80 valence electrons. The van der Waals surface area contributed by atoms with Crippen LogP contribution in [0.25, 0.3) is 0 Å². The quantitative estimate of drug-likeness (QED) is 0.722. The van der Waals surface area contributed by atoms with E-state index in [0.717, 1.165) is 11.7 Å². The molecule has 0 amide bonds. The van der Waals surface area contributed by atoms with E-state index in [-0.39, 0.29) is 5.92 Å². The monoisotopic (exact) mass is 213 g/mol. The lowest BCUT2D eigenvalue weighted by molar-refractivity contribution is 0.394. The van der Waals surface area contributed by atoms with Gasteiger partial charge in [0.15, 0.2) is 5.11 Å². The van der Waals surface area contributed by atoms with Gasteiger partial charge in [-0.15, -0.1) is 0 Å². The van der Waals surface area contributed by atoms with Gasteiger partial charge in [0, 0.05) is 19.1 Å². The van der Waals surface area contributed by atoms with Gasteiger partial charge in [-0.25, -0.2) is 0 Å². The second-order valence-electron chi connectivity index (χ2n) is 3.67. The molecular weight excluding hydrogens is 194 g/mol. The third-order valence-electron chi connectivity index (χ3n) is 1.80. The van der Waals surface area contributed by atoms with Crippen LogP contribution in [0.4, 0.5) is 0 Å². The average Bonchev–Trinajstić information content (AvgIpc) is 2.12. The number of hydrogen-bond acceptors (Lipinski definition) is 2. The van der Waals surface area contributed by atoms with E-state index in [1.165, 1.54) is 0 Å². The van der Waals surface area contributed by atoms with Crippen LogP contribution in [0, 0.1) is 17.2 Å². The van der Waals surface area contributed by atoms with Gasteiger partial charge in [0.25, 0.3) is 0 Å². The first kappa shape index (κ1) is 13.2. The highest BCUT2D eigenvalue weighted by Gasteiger charge is 2.11. The molecule has 1 atom stereocenters. The number of rotatable bonds is 4. The van der Waals surface area contributed by atoms with E-state index in [9.17, 15) is 0 Å². The lowest BCUT2D eigenvalue weighted by atomic mass is 10.2. The predicted octanol–water partition coefficient (Wildman–Crippen LogP) is 1.75. The van der Waals surface area contributed by atoms with Gasteiger partial charge in [0.1, 0.15) is 0 Å². The molecule has 1 N–H and O–H groups in total. The second kappa shape index (κ2) is 6.61. The molecule has 0 aliphatic rings. The molecule has 0 aliphatic carbocycles. The van der Waals surface area contributed by atoms with Gasteiger partial charge < -0.3 is 10.2 Å². The van der Waals surface area contributed by atoms with Crippen LogP contribution in [0.5, 0.6) is 0 Å². The lowest BCUT2D eigenvalue weighted by Crippen LogP contribution is -2.44. The molecule has 14 heavy (non-hydrogen) atoms. The summed E-state index contributed by atoms with van der Waals surface area (Å²) in [4.78, 5) is 2.02. The summed E-state index contributed by atoms with van der Waals surface area (Å²) in [6.07, 6.45) is 0. The van der Waals surface area contributed by atoms with Crippen molar-refractivity contribution in [1.82, 2.24) is 10.2 Å². The molecule has 0 saturated heterocycles. The van der Waals surface area contributed by atoms with Crippen LogP contribution >= 0.6 is 12.2 Å². The molecule has 0 aromatic heterocycles. The SMILES string of the molecule is CCN(CC(C)C#N)C(=S)NC(C)C. The van der Waals surface area contributed by atoms with Crippen molar-refractivity contribution in [3.63, 3.8) is 0 Å². The Labute approximate surface area is 92.1 Å². The molecule has 4 heteroatoms. The Morgan fingerprint density at radius 1 is 1.50 bits per heavy atom. The first-order valence-corrected chi connectivity index (χ1v) is 5.37. The van der Waals surface area contributed by atoms with Gasteiger partial charge >= 0.3 is 0 Å². The second-order valence-corrected chi connectivity index (χ2v) is 4.06. The molecular formula is C10H19N3S. The summed E-state index contributed by atoms with van der Waals surface area (Å²) >= 11 is 5.22. The van der Waals surface area contributed by atoms with Crippen molar-refractivity contribution in [2.75, 3.05) is 13.1 Å². The zero-order valence-electron chi connectivity index (χ0n) is 9.37. The van der Waals surface area contributed by atoms with Crippen molar-refractivity contribution in [3.8, 4) is 6.07 Å². The highest BCUT2D eigenvalue weighted by Crippen LogP contribution is 1.99. The zero-order valence-corrected chi connectivity index (χ0v) is 10.2. The van der Waals surface area contributed by atoms with Gasteiger partial charge in [0.05, 0.1) is 12.0 Å². The molecule has 1 unspecified atom stereocenters. The Hall–Kier alpha value is -0.820. The van der Waals surface area contributed by atoms with E-state index in [2.05, 4.69) is 11.4 Å². The van der Waals surface area contributed by atoms with E-state index in [4.69, 9.17) is 17.5 Å². The molecule has 0 aliphatic heterocycles. The highest BCUT2D eigenvalue weighted by molar-refractivity contribution is 7.80. The summed E-state index contributed by atoms with van der Waals surface area (Å²) < 4.78 is 0. The van der Waals surface area contributed by atoms with Crippen LogP contribution in [0.15, 0.2) is 0 Å². The largest absolute Gasteiger partial charge is 0.360 e. The maximum Gasteiger partial charge on any atom is 0.169 e. The minimum atomic E-state index is 0.0156. The Balaban J connectivity index is 4.14. The molecule has 0 aromatic carbocycles. The molecule has 0 heterocycles. The number of thiocarbonyl (C=S) groups is 1. The first-order chi connectivity index (χ1) is 6.51. The third-order valence-corrected chi connectivity index (χ3v) is 2.17. The van der Waals surface area contributed by atoms with Crippen LogP contribution in [0.3, 0.4) is 0 Å². The Morgan fingerprint density at radius 3 is 2.43 bits per heavy atom. The summed E-state index contributed by atoms with van der Waals surface area (Å²) in [7, 11) is 0. The summed E-state index contributed by atoms with van der Waals surface area (Å²) in [6.45, 7) is 9.58. The van der Waals surface area contributed by atoms with Crippen molar-refractivity contribution in [2.45, 2.75) is 33.7 Å². The standard InChI is InChI=1S/C10H19N3S/c1-5-13(7-9(4)6-11)10(14)12-8(2)3/h8-9H,5,7H2,1-4H3,(H,12,14). The fourth-order valence-corrected chi connectivity index (χ4v) is 1.50. The molecule has 0 fully saturated rings. The number of nitriles is 1. The van der Waals surface area contributed by atoms with Crippen molar-refractivity contribution >= 4 is 17.3 Å². The topological polar surface area (TPSA) is 39.1 Å². The predicted molar refractivity (Wildman–Crippen MR) is 62.9 cm³/mol. The maximum atomic E-state index is 8.70. The van der Waals surface area contributed by atoms with Gasteiger partial charge in [-0.1, -0.05) is 0 Å². The third kappa shape index (κ3) is 5.03. The van der Waals surface area contributed by atoms with Crippen LogP contribution in [0.1, 0.15) is 27.7 Å². The summed E-state index contributed by atoms with van der Waals surface area (Å²) in [5.41, 5.74) is 0. The van der Waals surface area contributed by atoms with Gasteiger partial charge in [-0.2, -0.15) is 5.26 Å². The van der Waals surface area contributed by atoms with E-state index >= 15 is 0 Å². The van der Waals surface area contributed by atoms with E-state index in [1.807, 2.05) is 32.6 Å². The molecule has 0 bridgehead atoms. The minimum absolute atomic E-state index is 0.0156. The maximum absolute atomic E-state index is 8.70. The highest BCUT2D eigenvalue weighted by atomic mass is 32.1. The molecule has 0 rings (SSSR count). The van der Waals surface area contributed by atoms with Crippen LogP contribution < -0.4 is 5.32 Å². The van der Waals surface area contributed by atoms with Crippen molar-refractivity contribution < 1.29 is 0 Å².